The number of nitrogens with one attached hydrogen (secondary N) is 1. The fourth-order valence-corrected chi connectivity index (χ4v) is 0.320. The van der Waals surface area contributed by atoms with Gasteiger partial charge in [-0.25, -0.2) is 0 Å². The van der Waals surface area contributed by atoms with Gasteiger partial charge in [0.25, 0.3) is 0 Å². The Morgan fingerprint density at radius 1 is 1.67 bits per heavy atom. The van der Waals surface area contributed by atoms with Crippen LogP contribution < -0.4 is 5.32 Å². The summed E-state index contributed by atoms with van der Waals surface area (Å²) < 4.78 is 8.74. The summed E-state index contributed by atoms with van der Waals surface area (Å²) in [5.74, 6) is -0.0909. The summed E-state index contributed by atoms with van der Waals surface area (Å²) in [6.45, 7) is 6.05. The molecular weight excluding hydrogens is 181 g/mol. The Bertz CT molecular complexity index is 156. The highest BCUT2D eigenvalue weighted by Crippen LogP contribution is 1.98. The van der Waals surface area contributed by atoms with Gasteiger partial charge in [0.2, 0.25) is 5.91 Å². The molecule has 0 radical (unpaired) electrons. The molecule has 0 aliphatic heterocycles. The molecule has 72 valence electrons. The maximum Gasteiger partial charge on any atom is 0.314 e. The average Bonchev–Trinajstić information content (AvgIpc) is 1.99. The minimum atomic E-state index is -3.13. The minimum Gasteiger partial charge on any atom is -0.353 e. The van der Waals surface area contributed by atoms with Crippen LogP contribution in [0.3, 0.4) is 0 Å². The van der Waals surface area contributed by atoms with Crippen molar-refractivity contribution in [2.45, 2.75) is 13.3 Å². The quantitative estimate of drug-likeness (QED) is 0.439. The zero-order valence-corrected chi connectivity index (χ0v) is 7.91. The van der Waals surface area contributed by atoms with E-state index in [2.05, 4.69) is 11.9 Å². The van der Waals surface area contributed by atoms with E-state index in [4.69, 9.17) is 14.4 Å². The SMILES string of the molecule is C=CC(=O)NCCC.O=[PH](O)O. The lowest BCUT2D eigenvalue weighted by Gasteiger charge is -1.94. The number of amides is 1. The second kappa shape index (κ2) is 10.4. The lowest BCUT2D eigenvalue weighted by molar-refractivity contribution is -0.116. The van der Waals surface area contributed by atoms with E-state index < -0.39 is 8.25 Å². The molecule has 0 heterocycles. The van der Waals surface area contributed by atoms with Gasteiger partial charge in [-0.15, -0.1) is 0 Å². The second-order valence-corrected chi connectivity index (χ2v) is 2.34. The summed E-state index contributed by atoms with van der Waals surface area (Å²) in [4.78, 5) is 24.7. The van der Waals surface area contributed by atoms with Gasteiger partial charge in [-0.05, 0) is 12.5 Å². The fraction of sp³-hybridized carbons (Fsp3) is 0.500. The molecule has 0 aliphatic carbocycles. The van der Waals surface area contributed by atoms with Crippen LogP contribution in [-0.4, -0.2) is 22.2 Å². The zero-order valence-electron chi connectivity index (χ0n) is 6.91. The molecule has 0 fully saturated rings. The Labute approximate surface area is 72.1 Å². The standard InChI is InChI=1S/C6H11NO.H3O3P/c1-3-5-7-6(8)4-2;1-4(2)3/h4H,2-3,5H2,1H3,(H,7,8);4H,(H2,1,2,3). The Morgan fingerprint density at radius 3 is 2.33 bits per heavy atom. The number of carbonyl (C=O) groups excluding carboxylic acids is 1. The third kappa shape index (κ3) is 22.8. The highest BCUT2D eigenvalue weighted by Gasteiger charge is 1.86. The molecule has 12 heavy (non-hydrogen) atoms. The first kappa shape index (κ1) is 13.9. The summed E-state index contributed by atoms with van der Waals surface area (Å²) in [6.07, 6.45) is 2.25. The van der Waals surface area contributed by atoms with Crippen LogP contribution >= 0.6 is 8.25 Å². The molecule has 6 heteroatoms. The van der Waals surface area contributed by atoms with Crippen molar-refractivity contribution in [3.63, 3.8) is 0 Å². The molecule has 0 saturated carbocycles. The van der Waals surface area contributed by atoms with Crippen LogP contribution in [0.2, 0.25) is 0 Å². The first-order valence-electron chi connectivity index (χ1n) is 3.36. The maximum absolute atomic E-state index is 10.3. The second-order valence-electron chi connectivity index (χ2n) is 1.78. The molecule has 3 N–H and O–H groups in total. The summed E-state index contributed by atoms with van der Waals surface area (Å²) in [5.41, 5.74) is 0. The van der Waals surface area contributed by atoms with Crippen LogP contribution in [0.4, 0.5) is 0 Å². The van der Waals surface area contributed by atoms with Crippen LogP contribution in [-0.2, 0) is 9.36 Å². The third-order valence-corrected chi connectivity index (χ3v) is 0.735. The molecule has 0 saturated heterocycles. The topological polar surface area (TPSA) is 86.6 Å². The largest absolute Gasteiger partial charge is 0.353 e. The Morgan fingerprint density at radius 2 is 2.08 bits per heavy atom. The van der Waals surface area contributed by atoms with E-state index >= 15 is 0 Å². The van der Waals surface area contributed by atoms with Crippen molar-refractivity contribution in [1.82, 2.24) is 5.32 Å². The van der Waals surface area contributed by atoms with Crippen LogP contribution in [0, 0.1) is 0 Å². The molecule has 1 amide bonds. The Hall–Kier alpha value is -0.640. The Balaban J connectivity index is 0. The van der Waals surface area contributed by atoms with Gasteiger partial charge >= 0.3 is 8.25 Å². The summed E-state index contributed by atoms with van der Waals surface area (Å²) in [7, 11) is -3.13. The van der Waals surface area contributed by atoms with Crippen molar-refractivity contribution in [2.75, 3.05) is 6.54 Å². The number of hydrogen-bond donors (Lipinski definition) is 3. The van der Waals surface area contributed by atoms with E-state index in [0.717, 1.165) is 13.0 Å². The normalized spacial score (nSPS) is 8.33. The van der Waals surface area contributed by atoms with Crippen molar-refractivity contribution in [3.05, 3.63) is 12.7 Å². The van der Waals surface area contributed by atoms with Gasteiger partial charge in [0, 0.05) is 6.54 Å². The van der Waals surface area contributed by atoms with Gasteiger partial charge in [-0.2, -0.15) is 0 Å². The van der Waals surface area contributed by atoms with Gasteiger partial charge in [0.15, 0.2) is 0 Å². The molecule has 0 unspecified atom stereocenters. The summed E-state index contributed by atoms with van der Waals surface area (Å²) in [5, 5.41) is 2.62. The fourth-order valence-electron chi connectivity index (χ4n) is 0.320. The third-order valence-electron chi connectivity index (χ3n) is 0.735. The van der Waals surface area contributed by atoms with Crippen LogP contribution in [0.1, 0.15) is 13.3 Å². The molecule has 0 bridgehead atoms. The van der Waals surface area contributed by atoms with Crippen LogP contribution in [0.25, 0.3) is 0 Å². The van der Waals surface area contributed by atoms with E-state index in [1.165, 1.54) is 6.08 Å². The van der Waals surface area contributed by atoms with E-state index in [0.29, 0.717) is 0 Å². The van der Waals surface area contributed by atoms with Crippen molar-refractivity contribution < 1.29 is 19.1 Å². The van der Waals surface area contributed by atoms with Gasteiger partial charge in [0.05, 0.1) is 0 Å². The average molecular weight is 195 g/mol. The monoisotopic (exact) mass is 195 g/mol. The highest BCUT2D eigenvalue weighted by atomic mass is 31.1. The first-order chi connectivity index (χ1) is 5.54. The smallest absolute Gasteiger partial charge is 0.314 e. The zero-order chi connectivity index (χ0) is 9.98. The summed E-state index contributed by atoms with van der Waals surface area (Å²) in [6, 6.07) is 0. The predicted molar refractivity (Wildman–Crippen MR) is 46.9 cm³/mol. The molecule has 0 aromatic rings. The molecule has 0 spiro atoms. The molecule has 0 aromatic carbocycles. The molecular formula is C6H14NO4P. The van der Waals surface area contributed by atoms with Gasteiger partial charge in [0.1, 0.15) is 0 Å². The lowest BCUT2D eigenvalue weighted by Crippen LogP contribution is -2.20. The minimum absolute atomic E-state index is 0.0909. The molecule has 0 atom stereocenters. The van der Waals surface area contributed by atoms with Crippen molar-refractivity contribution >= 4 is 14.2 Å². The van der Waals surface area contributed by atoms with Crippen molar-refractivity contribution in [1.29, 1.82) is 0 Å². The number of rotatable bonds is 3. The van der Waals surface area contributed by atoms with Crippen LogP contribution in [0.5, 0.6) is 0 Å². The van der Waals surface area contributed by atoms with E-state index in [1.54, 1.807) is 0 Å². The Kier molecular flexibility index (Phi) is 12.0. The highest BCUT2D eigenvalue weighted by molar-refractivity contribution is 7.30. The lowest BCUT2D eigenvalue weighted by atomic mass is 10.4. The molecule has 0 aliphatic rings. The first-order valence-corrected chi connectivity index (χ1v) is 4.67. The van der Waals surface area contributed by atoms with Gasteiger partial charge in [-0.1, -0.05) is 13.5 Å². The van der Waals surface area contributed by atoms with Gasteiger partial charge in [-0.3, -0.25) is 9.36 Å². The number of hydrogen-bond acceptors (Lipinski definition) is 2. The number of carbonyl (C=O) groups is 1. The van der Waals surface area contributed by atoms with E-state index in [-0.39, 0.29) is 5.91 Å². The van der Waals surface area contributed by atoms with Crippen molar-refractivity contribution in [3.8, 4) is 0 Å². The molecule has 0 aromatic heterocycles. The van der Waals surface area contributed by atoms with E-state index in [1.807, 2.05) is 6.92 Å². The molecule has 0 rings (SSSR count). The predicted octanol–water partition coefficient (Wildman–Crippen LogP) is 0.0593. The maximum atomic E-state index is 10.3. The summed E-state index contributed by atoms with van der Waals surface area (Å²) >= 11 is 0. The molecule has 5 nitrogen and oxygen atoms in total. The van der Waals surface area contributed by atoms with E-state index in [9.17, 15) is 4.79 Å². The van der Waals surface area contributed by atoms with Crippen LogP contribution in [0.15, 0.2) is 12.7 Å². The van der Waals surface area contributed by atoms with Crippen molar-refractivity contribution in [2.24, 2.45) is 0 Å². The van der Waals surface area contributed by atoms with Gasteiger partial charge < -0.3 is 15.1 Å².